The van der Waals surface area contributed by atoms with Gasteiger partial charge in [-0.2, -0.15) is 5.26 Å². The van der Waals surface area contributed by atoms with E-state index in [1.807, 2.05) is 10.9 Å². The molecule has 0 aliphatic rings. The molecule has 0 atom stereocenters. The number of aromatic nitrogens is 3. The average Bonchev–Trinajstić information content (AvgIpc) is 3.04. The van der Waals surface area contributed by atoms with E-state index in [9.17, 15) is 5.21 Å². The van der Waals surface area contributed by atoms with Crippen molar-refractivity contribution in [2.24, 2.45) is 5.11 Å². The monoisotopic (exact) mass is 332 g/mol. The first-order valence-electron chi connectivity index (χ1n) is 8.78. The van der Waals surface area contributed by atoms with E-state index in [4.69, 9.17) is 5.26 Å². The minimum Gasteiger partial charge on any atom is -0.595 e. The zero-order valence-electron chi connectivity index (χ0n) is 14.4. The second kappa shape index (κ2) is 13.2. The largest absolute Gasteiger partial charge is 0.595 e. The third-order valence-electron chi connectivity index (χ3n) is 3.75. The van der Waals surface area contributed by atoms with E-state index >= 15 is 0 Å². The lowest BCUT2D eigenvalue weighted by Crippen LogP contribution is -1.98. The highest BCUT2D eigenvalue weighted by atomic mass is 16.5. The Morgan fingerprint density at radius 3 is 2.71 bits per heavy atom. The molecule has 7 nitrogen and oxygen atoms in total. The van der Waals surface area contributed by atoms with Crippen LogP contribution in [-0.2, 0) is 13.0 Å². The summed E-state index contributed by atoms with van der Waals surface area (Å²) in [6.45, 7) is 4.84. The fourth-order valence-corrected chi connectivity index (χ4v) is 2.39. The van der Waals surface area contributed by atoms with Gasteiger partial charge in [-0.25, -0.2) is 0 Å². The van der Waals surface area contributed by atoms with Crippen molar-refractivity contribution in [1.82, 2.24) is 15.0 Å². The van der Waals surface area contributed by atoms with Crippen LogP contribution in [0.4, 0.5) is 0 Å². The van der Waals surface area contributed by atoms with Crippen LogP contribution in [0, 0.1) is 16.5 Å². The maximum atomic E-state index is 10.8. The Balaban J connectivity index is 1.99. The van der Waals surface area contributed by atoms with Crippen LogP contribution in [0.25, 0.3) is 0 Å². The summed E-state index contributed by atoms with van der Waals surface area (Å²) in [5.41, 5.74) is 1.02. The summed E-state index contributed by atoms with van der Waals surface area (Å²) in [6.07, 6.45) is 13.3. The Labute approximate surface area is 144 Å². The van der Waals surface area contributed by atoms with Gasteiger partial charge in [-0.1, -0.05) is 35.8 Å². The van der Waals surface area contributed by atoms with Crippen molar-refractivity contribution in [2.45, 2.75) is 70.8 Å². The van der Waals surface area contributed by atoms with Crippen LogP contribution in [0.15, 0.2) is 24.1 Å². The van der Waals surface area contributed by atoms with E-state index in [2.05, 4.69) is 28.1 Å². The van der Waals surface area contributed by atoms with Gasteiger partial charge in [0.05, 0.1) is 11.8 Å². The SMILES string of the molecule is C=C[N+]([O-])=NCCCCCCCCn1cc(CCCCC#N)nn1. The lowest BCUT2D eigenvalue weighted by molar-refractivity contribution is -0.458. The van der Waals surface area contributed by atoms with Crippen LogP contribution in [0.5, 0.6) is 0 Å². The van der Waals surface area contributed by atoms with Gasteiger partial charge < -0.3 is 5.21 Å². The van der Waals surface area contributed by atoms with Gasteiger partial charge in [0.2, 0.25) is 6.20 Å². The average molecular weight is 332 g/mol. The Morgan fingerprint density at radius 2 is 1.96 bits per heavy atom. The van der Waals surface area contributed by atoms with E-state index in [0.717, 1.165) is 50.8 Å². The fourth-order valence-electron chi connectivity index (χ4n) is 2.39. The molecule has 7 heteroatoms. The van der Waals surface area contributed by atoms with Crippen molar-refractivity contribution in [3.05, 3.63) is 29.9 Å². The molecule has 0 spiro atoms. The van der Waals surface area contributed by atoms with Crippen molar-refractivity contribution in [3.8, 4) is 6.07 Å². The summed E-state index contributed by atoms with van der Waals surface area (Å²) >= 11 is 0. The molecule has 0 amide bonds. The summed E-state index contributed by atoms with van der Waals surface area (Å²) in [6, 6.07) is 2.16. The molecular formula is C17H28N6O. The third kappa shape index (κ3) is 9.72. The minimum atomic E-state index is 0.524. The Kier molecular flexibility index (Phi) is 10.9. The van der Waals surface area contributed by atoms with E-state index in [1.54, 1.807) is 0 Å². The molecule has 1 aromatic rings. The normalized spacial score (nSPS) is 11.4. The van der Waals surface area contributed by atoms with E-state index in [0.29, 0.717) is 17.8 Å². The lowest BCUT2D eigenvalue weighted by atomic mass is 10.1. The number of hydrogen-bond acceptors (Lipinski definition) is 5. The van der Waals surface area contributed by atoms with Crippen molar-refractivity contribution >= 4 is 0 Å². The molecule has 24 heavy (non-hydrogen) atoms. The second-order valence-electron chi connectivity index (χ2n) is 5.81. The molecule has 0 aliphatic carbocycles. The first-order valence-corrected chi connectivity index (χ1v) is 8.78. The Bertz CT molecular complexity index is 531. The highest BCUT2D eigenvalue weighted by molar-refractivity contribution is 4.92. The molecule has 1 rings (SSSR count). The standard InChI is InChI=1S/C17H28N6O/c1-2-23(24)19-14-10-5-3-4-6-11-15-22-16-17(20-21-22)12-8-7-9-13-18/h2,16H,1,3-12,14-15H2. The molecule has 0 saturated carbocycles. The number of azo groups is 1. The molecular weight excluding hydrogens is 304 g/mol. The summed E-state index contributed by atoms with van der Waals surface area (Å²) < 4.78 is 1.91. The van der Waals surface area contributed by atoms with E-state index < -0.39 is 0 Å². The van der Waals surface area contributed by atoms with Crippen molar-refractivity contribution in [3.63, 3.8) is 0 Å². The summed E-state index contributed by atoms with van der Waals surface area (Å²) in [4.78, 5) is 0.524. The number of unbranched alkanes of at least 4 members (excludes halogenated alkanes) is 7. The highest BCUT2D eigenvalue weighted by Crippen LogP contribution is 2.08. The van der Waals surface area contributed by atoms with Gasteiger partial charge in [-0.15, -0.1) is 5.10 Å². The van der Waals surface area contributed by atoms with Crippen LogP contribution in [-0.4, -0.2) is 26.4 Å². The van der Waals surface area contributed by atoms with Crippen LogP contribution in [0.2, 0.25) is 0 Å². The predicted octanol–water partition coefficient (Wildman–Crippen LogP) is 3.96. The van der Waals surface area contributed by atoms with E-state index in [-0.39, 0.29) is 0 Å². The minimum absolute atomic E-state index is 0.524. The summed E-state index contributed by atoms with van der Waals surface area (Å²) in [7, 11) is 0. The number of aryl methyl sites for hydroxylation is 2. The number of hydroxylamine groups is 1. The Morgan fingerprint density at radius 1 is 1.21 bits per heavy atom. The number of nitriles is 1. The van der Waals surface area contributed by atoms with Gasteiger partial charge >= 0.3 is 0 Å². The van der Waals surface area contributed by atoms with Crippen molar-refractivity contribution in [2.75, 3.05) is 6.54 Å². The smallest absolute Gasteiger partial charge is 0.202 e. The zero-order chi connectivity index (χ0) is 17.5. The van der Waals surface area contributed by atoms with Gasteiger partial charge in [0, 0.05) is 19.2 Å². The highest BCUT2D eigenvalue weighted by Gasteiger charge is 2.01. The molecule has 1 heterocycles. The predicted molar refractivity (Wildman–Crippen MR) is 92.0 cm³/mol. The number of rotatable bonds is 14. The molecule has 132 valence electrons. The van der Waals surface area contributed by atoms with E-state index in [1.165, 1.54) is 25.5 Å². The summed E-state index contributed by atoms with van der Waals surface area (Å²) in [5.74, 6) is 0. The molecule has 0 aromatic carbocycles. The van der Waals surface area contributed by atoms with Crippen LogP contribution in [0.1, 0.15) is 63.5 Å². The van der Waals surface area contributed by atoms with Gasteiger partial charge in [0.15, 0.2) is 0 Å². The zero-order valence-corrected chi connectivity index (χ0v) is 14.4. The van der Waals surface area contributed by atoms with Crippen molar-refractivity contribution in [1.29, 1.82) is 5.26 Å². The molecule has 0 N–H and O–H groups in total. The maximum Gasteiger partial charge on any atom is 0.202 e. The third-order valence-corrected chi connectivity index (χ3v) is 3.75. The molecule has 0 bridgehead atoms. The second-order valence-corrected chi connectivity index (χ2v) is 5.81. The molecule has 0 saturated heterocycles. The number of nitrogens with zero attached hydrogens (tertiary/aromatic N) is 6. The van der Waals surface area contributed by atoms with Gasteiger partial charge in [0.25, 0.3) is 0 Å². The molecule has 0 unspecified atom stereocenters. The topological polar surface area (TPSA) is 92.9 Å². The maximum absolute atomic E-state index is 10.8. The molecule has 0 fully saturated rings. The van der Waals surface area contributed by atoms with Gasteiger partial charge in [-0.05, 0) is 43.8 Å². The number of hydrogen-bond donors (Lipinski definition) is 0. The molecule has 0 aliphatic heterocycles. The van der Waals surface area contributed by atoms with Crippen molar-refractivity contribution < 1.29 is 4.86 Å². The lowest BCUT2D eigenvalue weighted by Gasteiger charge is -2.01. The first-order chi connectivity index (χ1) is 11.8. The van der Waals surface area contributed by atoms with Gasteiger partial charge in [-0.3, -0.25) is 4.68 Å². The first kappa shape index (κ1) is 19.8. The van der Waals surface area contributed by atoms with Gasteiger partial charge in [0.1, 0.15) is 6.54 Å². The molecule has 0 radical (unpaired) electrons. The Hall–Kier alpha value is -2.23. The van der Waals surface area contributed by atoms with Crippen LogP contribution in [0.3, 0.4) is 0 Å². The fraction of sp³-hybridized carbons (Fsp3) is 0.706. The molecule has 1 aromatic heterocycles. The summed E-state index contributed by atoms with van der Waals surface area (Å²) in [5, 5.41) is 31.4. The van der Waals surface area contributed by atoms with Crippen LogP contribution >= 0.6 is 0 Å². The quantitative estimate of drug-likeness (QED) is 0.223. The van der Waals surface area contributed by atoms with Crippen LogP contribution < -0.4 is 0 Å².